The van der Waals surface area contributed by atoms with Crippen molar-refractivity contribution in [3.8, 4) is 5.88 Å². The summed E-state index contributed by atoms with van der Waals surface area (Å²) >= 11 is 0. The van der Waals surface area contributed by atoms with Gasteiger partial charge in [0.25, 0.3) is 5.78 Å². The lowest BCUT2D eigenvalue weighted by molar-refractivity contribution is 0.102. The number of aromatic nitrogens is 4. The maximum absolute atomic E-state index is 11.4. The van der Waals surface area contributed by atoms with Crippen molar-refractivity contribution in [2.45, 2.75) is 0 Å². The van der Waals surface area contributed by atoms with Crippen LogP contribution in [0.4, 0.5) is 0 Å². The van der Waals surface area contributed by atoms with Crippen molar-refractivity contribution in [3.63, 3.8) is 0 Å². The van der Waals surface area contributed by atoms with E-state index in [0.29, 0.717) is 0 Å². The molecule has 0 atom stereocenters. The van der Waals surface area contributed by atoms with Gasteiger partial charge in [-0.05, 0) is 0 Å². The molecule has 3 N–H and O–H groups in total. The number of carbonyl (C=O) groups is 1. The number of rotatable bonds is 2. The quantitative estimate of drug-likeness (QED) is 0.567. The first-order valence-electron chi connectivity index (χ1n) is 3.55. The minimum Gasteiger partial charge on any atom is -0.493 e. The van der Waals surface area contributed by atoms with Crippen molar-refractivity contribution >= 4 is 5.78 Å². The molecule has 0 amide bonds. The molecule has 0 unspecified atom stereocenters. The minimum atomic E-state index is -0.384. The summed E-state index contributed by atoms with van der Waals surface area (Å²) in [5.74, 6) is -0.276. The molecule has 0 aliphatic heterocycles. The van der Waals surface area contributed by atoms with E-state index >= 15 is 0 Å². The zero-order valence-corrected chi connectivity index (χ0v) is 6.48. The molecule has 13 heavy (non-hydrogen) atoms. The zero-order valence-electron chi connectivity index (χ0n) is 6.48. The highest BCUT2D eigenvalue weighted by Gasteiger charge is 2.14. The maximum Gasteiger partial charge on any atom is 0.263 e. The number of hydrogen-bond donors (Lipinski definition) is 3. The van der Waals surface area contributed by atoms with Gasteiger partial charge in [-0.2, -0.15) is 0 Å². The lowest BCUT2D eigenvalue weighted by Crippen LogP contribution is -2.05. The molecule has 0 fully saturated rings. The molecule has 0 radical (unpaired) electrons. The van der Waals surface area contributed by atoms with Gasteiger partial charge in [0, 0.05) is 12.4 Å². The third-order valence-electron chi connectivity index (χ3n) is 1.49. The van der Waals surface area contributed by atoms with Crippen molar-refractivity contribution in [1.29, 1.82) is 0 Å². The molecule has 0 bridgehead atoms. The number of ketones is 1. The van der Waals surface area contributed by atoms with Crippen LogP contribution in [0.15, 0.2) is 18.6 Å². The normalized spacial score (nSPS) is 10.2. The van der Waals surface area contributed by atoms with E-state index in [2.05, 4.69) is 19.9 Å². The van der Waals surface area contributed by atoms with Crippen molar-refractivity contribution in [2.75, 3.05) is 0 Å². The van der Waals surface area contributed by atoms with Crippen LogP contribution in [0.1, 0.15) is 16.4 Å². The summed E-state index contributed by atoms with van der Waals surface area (Å²) in [6.45, 7) is 0. The van der Waals surface area contributed by atoms with Gasteiger partial charge in [0.2, 0.25) is 5.88 Å². The van der Waals surface area contributed by atoms with E-state index in [1.54, 1.807) is 0 Å². The Morgan fingerprint density at radius 3 is 2.77 bits per heavy atom. The zero-order chi connectivity index (χ0) is 9.26. The molecule has 0 saturated heterocycles. The summed E-state index contributed by atoms with van der Waals surface area (Å²) in [5.41, 5.74) is 0. The molecular formula is C7H6N4O2. The summed E-state index contributed by atoms with van der Waals surface area (Å²) in [6, 6.07) is 0. The maximum atomic E-state index is 11.4. The second kappa shape index (κ2) is 2.74. The number of aromatic hydroxyl groups is 1. The number of H-pyrrole nitrogens is 2. The Labute approximate surface area is 72.7 Å². The molecule has 0 aliphatic rings. The van der Waals surface area contributed by atoms with Crippen LogP contribution in [-0.4, -0.2) is 30.8 Å². The smallest absolute Gasteiger partial charge is 0.263 e. The fourth-order valence-electron chi connectivity index (χ4n) is 0.929. The third-order valence-corrected chi connectivity index (χ3v) is 1.49. The fraction of sp³-hybridized carbons (Fsp3) is 0. The summed E-state index contributed by atoms with van der Waals surface area (Å²) in [4.78, 5) is 23.9. The van der Waals surface area contributed by atoms with Gasteiger partial charge >= 0.3 is 0 Å². The Kier molecular flexibility index (Phi) is 1.59. The highest BCUT2D eigenvalue weighted by atomic mass is 16.3. The number of carbonyl (C=O) groups excluding carboxylic acids is 1. The molecule has 2 heterocycles. The minimum absolute atomic E-state index is 0.0625. The average molecular weight is 178 g/mol. The summed E-state index contributed by atoms with van der Waals surface area (Å²) in [7, 11) is 0. The fourth-order valence-corrected chi connectivity index (χ4v) is 0.929. The third kappa shape index (κ3) is 1.28. The standard InChI is InChI=1S/C7H6N4O2/c12-4-3-10-7(11-4)5(13)6-8-1-2-9-6/h1-3,12H,(H,8,9)(H,10,11). The van der Waals surface area contributed by atoms with E-state index in [4.69, 9.17) is 5.11 Å². The Morgan fingerprint density at radius 1 is 1.38 bits per heavy atom. The first kappa shape index (κ1) is 7.53. The molecule has 0 spiro atoms. The predicted octanol–water partition coefficient (Wildman–Crippen LogP) is 0.0694. The summed E-state index contributed by atoms with van der Waals surface area (Å²) in [5, 5.41) is 8.90. The highest BCUT2D eigenvalue weighted by molar-refractivity contribution is 6.03. The van der Waals surface area contributed by atoms with Gasteiger partial charge in [-0.15, -0.1) is 0 Å². The Balaban J connectivity index is 2.33. The van der Waals surface area contributed by atoms with E-state index in [1.165, 1.54) is 12.4 Å². The number of nitrogens with one attached hydrogen (secondary N) is 2. The van der Waals surface area contributed by atoms with Crippen molar-refractivity contribution in [3.05, 3.63) is 30.2 Å². The van der Waals surface area contributed by atoms with Gasteiger partial charge in [0.15, 0.2) is 11.6 Å². The van der Waals surface area contributed by atoms with Crippen LogP contribution in [-0.2, 0) is 0 Å². The molecule has 0 aromatic carbocycles. The van der Waals surface area contributed by atoms with Crippen LogP contribution in [0, 0.1) is 0 Å². The SMILES string of the molecule is O=C(c1ncc[nH]1)c1ncc(O)[nH]1. The van der Waals surface area contributed by atoms with E-state index in [-0.39, 0.29) is 23.3 Å². The second-order valence-corrected chi connectivity index (χ2v) is 2.38. The van der Waals surface area contributed by atoms with E-state index in [9.17, 15) is 4.79 Å². The van der Waals surface area contributed by atoms with E-state index in [1.807, 2.05) is 0 Å². The van der Waals surface area contributed by atoms with Gasteiger partial charge in [0.1, 0.15) is 0 Å². The molecule has 0 saturated carbocycles. The summed E-state index contributed by atoms with van der Waals surface area (Å²) < 4.78 is 0. The highest BCUT2D eigenvalue weighted by Crippen LogP contribution is 2.06. The van der Waals surface area contributed by atoms with Crippen LogP contribution in [0.2, 0.25) is 0 Å². The van der Waals surface area contributed by atoms with Crippen LogP contribution in [0.5, 0.6) is 5.88 Å². The second-order valence-electron chi connectivity index (χ2n) is 2.38. The number of nitrogens with zero attached hydrogens (tertiary/aromatic N) is 2. The van der Waals surface area contributed by atoms with Crippen LogP contribution in [0.25, 0.3) is 0 Å². The van der Waals surface area contributed by atoms with Gasteiger partial charge in [-0.1, -0.05) is 0 Å². The van der Waals surface area contributed by atoms with Crippen molar-refractivity contribution < 1.29 is 9.90 Å². The molecule has 2 aromatic heterocycles. The predicted molar refractivity (Wildman–Crippen MR) is 42.3 cm³/mol. The molecule has 2 aromatic rings. The van der Waals surface area contributed by atoms with Crippen LogP contribution in [0.3, 0.4) is 0 Å². The Hall–Kier alpha value is -2.11. The number of hydrogen-bond acceptors (Lipinski definition) is 4. The van der Waals surface area contributed by atoms with Crippen LogP contribution < -0.4 is 0 Å². The topological polar surface area (TPSA) is 94.7 Å². The largest absolute Gasteiger partial charge is 0.493 e. The van der Waals surface area contributed by atoms with Gasteiger partial charge in [-0.25, -0.2) is 9.97 Å². The lowest BCUT2D eigenvalue weighted by atomic mass is 10.3. The molecule has 2 rings (SSSR count). The molecule has 6 nitrogen and oxygen atoms in total. The first-order chi connectivity index (χ1) is 6.27. The Bertz CT molecular complexity index is 417. The number of imidazole rings is 2. The summed E-state index contributed by atoms with van der Waals surface area (Å²) in [6.07, 6.45) is 4.17. The Morgan fingerprint density at radius 2 is 2.23 bits per heavy atom. The molecular weight excluding hydrogens is 172 g/mol. The number of aromatic amines is 2. The average Bonchev–Trinajstić information content (AvgIpc) is 2.72. The lowest BCUT2D eigenvalue weighted by Gasteiger charge is -1.89. The first-order valence-corrected chi connectivity index (χ1v) is 3.55. The van der Waals surface area contributed by atoms with E-state index < -0.39 is 0 Å². The van der Waals surface area contributed by atoms with E-state index in [0.717, 1.165) is 6.20 Å². The van der Waals surface area contributed by atoms with Crippen molar-refractivity contribution in [2.24, 2.45) is 0 Å². The van der Waals surface area contributed by atoms with Gasteiger partial charge < -0.3 is 15.1 Å². The molecule has 6 heteroatoms. The van der Waals surface area contributed by atoms with Gasteiger partial charge in [0.05, 0.1) is 6.20 Å². The van der Waals surface area contributed by atoms with Crippen molar-refractivity contribution in [1.82, 2.24) is 19.9 Å². The monoisotopic (exact) mass is 178 g/mol. The molecule has 0 aliphatic carbocycles. The van der Waals surface area contributed by atoms with Crippen LogP contribution >= 0.6 is 0 Å². The molecule has 66 valence electrons. The van der Waals surface area contributed by atoms with Gasteiger partial charge in [-0.3, -0.25) is 4.79 Å².